The molecular weight excluding hydrogens is 445 g/mol. The fourth-order valence-corrected chi connectivity index (χ4v) is 6.13. The van der Waals surface area contributed by atoms with Crippen molar-refractivity contribution in [1.29, 1.82) is 0 Å². The van der Waals surface area contributed by atoms with E-state index in [-0.39, 0.29) is 43.2 Å². The van der Waals surface area contributed by atoms with Crippen molar-refractivity contribution in [3.63, 3.8) is 0 Å². The summed E-state index contributed by atoms with van der Waals surface area (Å²) in [4.78, 5) is 3.86. The molecule has 0 saturated carbocycles. The number of sulfonamides is 2. The predicted octanol–water partition coefficient (Wildman–Crippen LogP) is 1.67. The standard InChI is InChI=1S/C17H21F3N4O4S2/c1-22-11-16(21-13-22)30(27,28)24-8-2-7-23(9-10-24)29(25,26)12-14-3-5-15(6-4-14)17(18,19)20/h3-6,11,13H,2,7-10,12H2,1H3. The minimum absolute atomic E-state index is 0.0366. The highest BCUT2D eigenvalue weighted by Crippen LogP contribution is 2.29. The van der Waals surface area contributed by atoms with Crippen LogP contribution in [-0.2, 0) is 39.0 Å². The Morgan fingerprint density at radius 3 is 2.13 bits per heavy atom. The summed E-state index contributed by atoms with van der Waals surface area (Å²) >= 11 is 0. The van der Waals surface area contributed by atoms with Crippen LogP contribution in [0.15, 0.2) is 41.8 Å². The molecule has 0 bridgehead atoms. The minimum atomic E-state index is -4.50. The third-order valence-electron chi connectivity index (χ3n) is 4.72. The molecule has 0 amide bonds. The summed E-state index contributed by atoms with van der Waals surface area (Å²) in [5.41, 5.74) is -0.626. The summed E-state index contributed by atoms with van der Waals surface area (Å²) < 4.78 is 92.8. The normalized spacial score (nSPS) is 17.7. The van der Waals surface area contributed by atoms with Crippen LogP contribution in [0.5, 0.6) is 0 Å². The second-order valence-corrected chi connectivity index (χ2v) is 10.8. The van der Waals surface area contributed by atoms with E-state index in [4.69, 9.17) is 0 Å². The molecule has 0 radical (unpaired) electrons. The van der Waals surface area contributed by atoms with Gasteiger partial charge in [-0.2, -0.15) is 17.5 Å². The summed E-state index contributed by atoms with van der Waals surface area (Å²) in [5.74, 6) is -0.460. The summed E-state index contributed by atoms with van der Waals surface area (Å²) in [7, 11) is -6.02. The Hall–Kier alpha value is -1.96. The molecule has 13 heteroatoms. The Labute approximate surface area is 173 Å². The second-order valence-electron chi connectivity index (χ2n) is 6.98. The van der Waals surface area contributed by atoms with Gasteiger partial charge in [0.05, 0.1) is 17.6 Å². The molecule has 1 aromatic heterocycles. The Kier molecular flexibility index (Phi) is 6.28. The van der Waals surface area contributed by atoms with Gasteiger partial charge < -0.3 is 4.57 Å². The minimum Gasteiger partial charge on any atom is -0.339 e. The molecule has 1 aliphatic rings. The number of nitrogens with zero attached hydrogens (tertiary/aromatic N) is 4. The molecule has 0 aliphatic carbocycles. The maximum absolute atomic E-state index is 12.7. The van der Waals surface area contributed by atoms with Crippen molar-refractivity contribution in [2.24, 2.45) is 7.05 Å². The quantitative estimate of drug-likeness (QED) is 0.668. The van der Waals surface area contributed by atoms with Gasteiger partial charge in [-0.05, 0) is 24.1 Å². The maximum atomic E-state index is 12.7. The first-order chi connectivity index (χ1) is 13.9. The number of aryl methyl sites for hydroxylation is 1. The van der Waals surface area contributed by atoms with E-state index in [0.29, 0.717) is 0 Å². The van der Waals surface area contributed by atoms with Gasteiger partial charge in [-0.25, -0.2) is 26.1 Å². The Morgan fingerprint density at radius 1 is 0.967 bits per heavy atom. The molecule has 0 N–H and O–H groups in total. The van der Waals surface area contributed by atoms with E-state index < -0.39 is 37.5 Å². The molecule has 0 spiro atoms. The lowest BCUT2D eigenvalue weighted by molar-refractivity contribution is -0.137. The molecule has 1 aliphatic heterocycles. The lowest BCUT2D eigenvalue weighted by Crippen LogP contribution is -2.37. The number of halogens is 3. The number of aromatic nitrogens is 2. The van der Waals surface area contributed by atoms with Crippen molar-refractivity contribution in [3.8, 4) is 0 Å². The number of hydrogen-bond acceptors (Lipinski definition) is 5. The molecule has 1 saturated heterocycles. The summed E-state index contributed by atoms with van der Waals surface area (Å²) in [5, 5.41) is -0.105. The van der Waals surface area contributed by atoms with Crippen molar-refractivity contribution in [2.45, 2.75) is 23.4 Å². The third-order valence-corrected chi connectivity index (χ3v) is 8.36. The van der Waals surface area contributed by atoms with E-state index in [1.165, 1.54) is 25.7 Å². The first-order valence-corrected chi connectivity index (χ1v) is 12.1. The molecule has 30 heavy (non-hydrogen) atoms. The Bertz CT molecular complexity index is 1100. The zero-order valence-corrected chi connectivity index (χ0v) is 17.7. The lowest BCUT2D eigenvalue weighted by Gasteiger charge is -2.21. The first-order valence-electron chi connectivity index (χ1n) is 9.02. The summed E-state index contributed by atoms with van der Waals surface area (Å²) in [6.07, 6.45) is -1.46. The zero-order chi connectivity index (χ0) is 22.2. The van der Waals surface area contributed by atoms with Crippen molar-refractivity contribution in [3.05, 3.63) is 47.9 Å². The van der Waals surface area contributed by atoms with Crippen LogP contribution in [-0.4, -0.2) is 61.2 Å². The second kappa shape index (κ2) is 8.29. The van der Waals surface area contributed by atoms with Gasteiger partial charge in [0.1, 0.15) is 0 Å². The van der Waals surface area contributed by atoms with Crippen molar-refractivity contribution < 1.29 is 30.0 Å². The highest BCUT2D eigenvalue weighted by molar-refractivity contribution is 7.89. The average molecular weight is 467 g/mol. The fraction of sp³-hybridized carbons (Fsp3) is 0.471. The van der Waals surface area contributed by atoms with Crippen LogP contribution in [0.2, 0.25) is 0 Å². The molecule has 1 aromatic carbocycles. The van der Waals surface area contributed by atoms with Gasteiger partial charge in [0.2, 0.25) is 10.0 Å². The monoisotopic (exact) mass is 466 g/mol. The molecule has 0 atom stereocenters. The van der Waals surface area contributed by atoms with Gasteiger partial charge in [-0.1, -0.05) is 12.1 Å². The van der Waals surface area contributed by atoms with E-state index in [9.17, 15) is 30.0 Å². The van der Waals surface area contributed by atoms with Gasteiger partial charge in [0.15, 0.2) is 5.03 Å². The van der Waals surface area contributed by atoms with Gasteiger partial charge in [-0.15, -0.1) is 0 Å². The molecule has 1 fully saturated rings. The summed E-state index contributed by atoms with van der Waals surface area (Å²) in [6.45, 7) is 0.183. The maximum Gasteiger partial charge on any atom is 0.416 e. The molecule has 166 valence electrons. The fourth-order valence-electron chi connectivity index (χ4n) is 3.13. The number of imidazole rings is 1. The van der Waals surface area contributed by atoms with Crippen LogP contribution in [0.1, 0.15) is 17.5 Å². The van der Waals surface area contributed by atoms with Crippen LogP contribution in [0, 0.1) is 0 Å². The van der Waals surface area contributed by atoms with Gasteiger partial charge in [0, 0.05) is 39.4 Å². The molecule has 3 rings (SSSR count). The molecule has 0 unspecified atom stereocenters. The van der Waals surface area contributed by atoms with Crippen LogP contribution < -0.4 is 0 Å². The highest BCUT2D eigenvalue weighted by Gasteiger charge is 2.33. The average Bonchev–Trinajstić information content (AvgIpc) is 2.93. The third kappa shape index (κ3) is 5.02. The van der Waals surface area contributed by atoms with E-state index >= 15 is 0 Å². The Morgan fingerprint density at radius 2 is 1.57 bits per heavy atom. The van der Waals surface area contributed by atoms with Gasteiger partial charge in [-0.3, -0.25) is 0 Å². The van der Waals surface area contributed by atoms with Gasteiger partial charge >= 0.3 is 6.18 Å². The van der Waals surface area contributed by atoms with E-state index in [1.54, 1.807) is 7.05 Å². The number of rotatable bonds is 5. The van der Waals surface area contributed by atoms with Crippen LogP contribution >= 0.6 is 0 Å². The SMILES string of the molecule is Cn1cnc(S(=O)(=O)N2CCCN(S(=O)(=O)Cc3ccc(C(F)(F)F)cc3)CC2)c1. The van der Waals surface area contributed by atoms with Crippen LogP contribution in [0.3, 0.4) is 0 Å². The van der Waals surface area contributed by atoms with Crippen LogP contribution in [0.25, 0.3) is 0 Å². The topological polar surface area (TPSA) is 92.6 Å². The molecular formula is C17H21F3N4O4S2. The highest BCUT2D eigenvalue weighted by atomic mass is 32.2. The van der Waals surface area contributed by atoms with Crippen molar-refractivity contribution in [1.82, 2.24) is 18.2 Å². The van der Waals surface area contributed by atoms with Crippen molar-refractivity contribution >= 4 is 20.0 Å². The molecule has 8 nitrogen and oxygen atoms in total. The number of benzene rings is 1. The van der Waals surface area contributed by atoms with E-state index in [1.807, 2.05) is 0 Å². The molecule has 2 aromatic rings. The number of hydrogen-bond donors (Lipinski definition) is 0. The van der Waals surface area contributed by atoms with E-state index in [0.717, 1.165) is 24.3 Å². The van der Waals surface area contributed by atoms with Crippen LogP contribution in [0.4, 0.5) is 13.2 Å². The zero-order valence-electron chi connectivity index (χ0n) is 16.1. The predicted molar refractivity (Wildman–Crippen MR) is 102 cm³/mol. The largest absolute Gasteiger partial charge is 0.416 e. The first kappa shape index (κ1) is 22.7. The van der Waals surface area contributed by atoms with Gasteiger partial charge in [0.25, 0.3) is 10.0 Å². The summed E-state index contributed by atoms with van der Waals surface area (Å²) in [6, 6.07) is 3.95. The lowest BCUT2D eigenvalue weighted by atomic mass is 10.1. The van der Waals surface area contributed by atoms with Crippen molar-refractivity contribution in [2.75, 3.05) is 26.2 Å². The Balaban J connectivity index is 1.69. The number of alkyl halides is 3. The molecule has 2 heterocycles. The van der Waals surface area contributed by atoms with E-state index in [2.05, 4.69) is 4.98 Å². The smallest absolute Gasteiger partial charge is 0.339 e.